The van der Waals surface area contributed by atoms with Crippen LogP contribution in [0.1, 0.15) is 101 Å². The first-order valence-corrected chi connectivity index (χ1v) is 16.4. The number of esters is 1. The van der Waals surface area contributed by atoms with Crippen molar-refractivity contribution in [3.63, 3.8) is 0 Å². The van der Waals surface area contributed by atoms with E-state index in [-0.39, 0.29) is 23.7 Å². The number of fused-ring (bicyclic) bond motifs is 1. The van der Waals surface area contributed by atoms with Crippen LogP contribution in [-0.2, 0) is 14.4 Å². The third-order valence-corrected chi connectivity index (χ3v) is 10.7. The van der Waals surface area contributed by atoms with Crippen molar-refractivity contribution in [3.05, 3.63) is 76.9 Å². The van der Waals surface area contributed by atoms with Crippen molar-refractivity contribution in [2.45, 2.75) is 90.9 Å². The molecule has 43 heavy (non-hydrogen) atoms. The van der Waals surface area contributed by atoms with Gasteiger partial charge in [-0.25, -0.2) is 4.79 Å². The van der Waals surface area contributed by atoms with Crippen LogP contribution in [0.5, 0.6) is 5.75 Å². The van der Waals surface area contributed by atoms with Crippen LogP contribution in [-0.4, -0.2) is 17.8 Å². The van der Waals surface area contributed by atoms with Gasteiger partial charge in [-0.15, -0.1) is 0 Å². The Bertz CT molecular complexity index is 1390. The molecule has 226 valence electrons. The van der Waals surface area contributed by atoms with E-state index < -0.39 is 5.97 Å². The molecule has 3 fully saturated rings. The van der Waals surface area contributed by atoms with Gasteiger partial charge in [-0.2, -0.15) is 0 Å². The number of ether oxygens (including phenoxy) is 1. The minimum atomic E-state index is -0.416. The lowest BCUT2D eigenvalue weighted by atomic mass is 9.68. The lowest BCUT2D eigenvalue weighted by Gasteiger charge is -2.37. The molecule has 2 saturated carbocycles. The Labute approximate surface area is 256 Å². The first kappa shape index (κ1) is 29.6. The van der Waals surface area contributed by atoms with Gasteiger partial charge in [-0.05, 0) is 130 Å². The van der Waals surface area contributed by atoms with Gasteiger partial charge in [-0.3, -0.25) is 14.5 Å². The SMILES string of the molecule is C/C(=C\c1ccc(C2CCC(C3CCC(C)CC3)CC2)cc1)C(=O)Oc1ccc(N2C(=O)C3CC=CCC3C2=O)cc1C. The number of aryl methyl sites for hydroxylation is 1. The summed E-state index contributed by atoms with van der Waals surface area (Å²) in [7, 11) is 0. The van der Waals surface area contributed by atoms with E-state index in [4.69, 9.17) is 4.74 Å². The highest BCUT2D eigenvalue weighted by Crippen LogP contribution is 2.44. The van der Waals surface area contributed by atoms with Gasteiger partial charge >= 0.3 is 5.97 Å². The van der Waals surface area contributed by atoms with Crippen LogP contribution in [0.3, 0.4) is 0 Å². The predicted molar refractivity (Wildman–Crippen MR) is 171 cm³/mol. The van der Waals surface area contributed by atoms with Crippen LogP contribution in [0.15, 0.2) is 60.2 Å². The summed E-state index contributed by atoms with van der Waals surface area (Å²) in [5, 5.41) is 0. The molecule has 0 N–H and O–H groups in total. The van der Waals surface area contributed by atoms with E-state index in [1.54, 1.807) is 25.1 Å². The highest BCUT2D eigenvalue weighted by molar-refractivity contribution is 6.22. The van der Waals surface area contributed by atoms with E-state index in [1.165, 1.54) is 61.8 Å². The number of carbonyl (C=O) groups excluding carboxylic acids is 3. The molecular weight excluding hydrogens is 534 g/mol. The molecule has 4 aliphatic rings. The van der Waals surface area contributed by atoms with Gasteiger partial charge in [0.1, 0.15) is 5.75 Å². The molecule has 0 bridgehead atoms. The van der Waals surface area contributed by atoms with Crippen LogP contribution < -0.4 is 9.64 Å². The maximum atomic E-state index is 13.0. The third-order valence-electron chi connectivity index (χ3n) is 10.7. The molecule has 2 unspecified atom stereocenters. The molecule has 6 rings (SSSR count). The monoisotopic (exact) mass is 579 g/mol. The zero-order chi connectivity index (χ0) is 30.1. The molecule has 1 heterocycles. The van der Waals surface area contributed by atoms with Crippen LogP contribution in [0.4, 0.5) is 5.69 Å². The first-order chi connectivity index (χ1) is 20.8. The standard InChI is InChI=1S/C38H45NO4/c1-24-8-12-28(13-9-24)30-16-18-31(19-17-30)29-14-10-27(11-15-29)22-26(3)38(42)43-35-21-20-32(23-25(35)2)39-36(40)33-6-4-5-7-34(33)37(39)41/h4-5,10-11,14-15,20-24,28,30-31,33-34H,6-9,12-13,16-19H2,1-3H3/b26-22+. The Morgan fingerprint density at radius 3 is 1.98 bits per heavy atom. The van der Waals surface area contributed by atoms with E-state index in [1.807, 2.05) is 25.2 Å². The van der Waals surface area contributed by atoms with Gasteiger partial charge in [0.15, 0.2) is 0 Å². The van der Waals surface area contributed by atoms with E-state index in [9.17, 15) is 14.4 Å². The van der Waals surface area contributed by atoms with Crippen molar-refractivity contribution in [2.24, 2.45) is 29.6 Å². The Kier molecular flexibility index (Phi) is 8.70. The highest BCUT2D eigenvalue weighted by atomic mass is 16.5. The summed E-state index contributed by atoms with van der Waals surface area (Å²) in [5.74, 6) is 2.61. The fraction of sp³-hybridized carbons (Fsp3) is 0.500. The summed E-state index contributed by atoms with van der Waals surface area (Å²) in [6, 6.07) is 13.8. The van der Waals surface area contributed by atoms with Crippen LogP contribution in [0.25, 0.3) is 6.08 Å². The molecule has 2 amide bonds. The number of hydrogen-bond acceptors (Lipinski definition) is 4. The summed E-state index contributed by atoms with van der Waals surface area (Å²) in [6.07, 6.45) is 18.0. The number of benzene rings is 2. The van der Waals surface area contributed by atoms with Crippen LogP contribution >= 0.6 is 0 Å². The van der Waals surface area contributed by atoms with Crippen molar-refractivity contribution in [2.75, 3.05) is 4.90 Å². The summed E-state index contributed by atoms with van der Waals surface area (Å²) >= 11 is 0. The second-order valence-electron chi connectivity index (χ2n) is 13.6. The van der Waals surface area contributed by atoms with Crippen LogP contribution in [0.2, 0.25) is 0 Å². The number of amides is 2. The molecule has 3 aliphatic carbocycles. The highest BCUT2D eigenvalue weighted by Gasteiger charge is 2.47. The number of carbonyl (C=O) groups is 3. The zero-order valence-electron chi connectivity index (χ0n) is 25.9. The Morgan fingerprint density at radius 2 is 1.40 bits per heavy atom. The lowest BCUT2D eigenvalue weighted by Crippen LogP contribution is -2.30. The molecule has 2 aromatic carbocycles. The van der Waals surface area contributed by atoms with Gasteiger partial charge in [-0.1, -0.05) is 56.2 Å². The maximum Gasteiger partial charge on any atom is 0.339 e. The number of imide groups is 1. The minimum Gasteiger partial charge on any atom is -0.423 e. The number of anilines is 1. The average Bonchev–Trinajstić information content (AvgIpc) is 3.28. The van der Waals surface area contributed by atoms with E-state index >= 15 is 0 Å². The summed E-state index contributed by atoms with van der Waals surface area (Å²) in [4.78, 5) is 40.2. The summed E-state index contributed by atoms with van der Waals surface area (Å²) in [5.41, 5.74) is 4.14. The number of hydrogen-bond donors (Lipinski definition) is 0. The molecule has 5 nitrogen and oxygen atoms in total. The van der Waals surface area contributed by atoms with Crippen molar-refractivity contribution >= 4 is 29.5 Å². The fourth-order valence-electron chi connectivity index (χ4n) is 7.98. The van der Waals surface area contributed by atoms with Gasteiger partial charge in [0.2, 0.25) is 11.8 Å². The number of allylic oxidation sites excluding steroid dienone is 2. The van der Waals surface area contributed by atoms with Crippen molar-refractivity contribution in [1.82, 2.24) is 0 Å². The lowest BCUT2D eigenvalue weighted by molar-refractivity contribution is -0.130. The summed E-state index contributed by atoms with van der Waals surface area (Å²) < 4.78 is 5.72. The normalized spacial score (nSPS) is 29.5. The fourth-order valence-corrected chi connectivity index (χ4v) is 7.98. The average molecular weight is 580 g/mol. The molecule has 2 atom stereocenters. The second-order valence-corrected chi connectivity index (χ2v) is 13.6. The van der Waals surface area contributed by atoms with Crippen molar-refractivity contribution in [3.8, 4) is 5.75 Å². The zero-order valence-corrected chi connectivity index (χ0v) is 25.9. The Balaban J connectivity index is 1.04. The first-order valence-electron chi connectivity index (χ1n) is 16.4. The second kappa shape index (κ2) is 12.6. The van der Waals surface area contributed by atoms with Gasteiger partial charge in [0, 0.05) is 5.57 Å². The topological polar surface area (TPSA) is 63.7 Å². The predicted octanol–water partition coefficient (Wildman–Crippen LogP) is 8.56. The smallest absolute Gasteiger partial charge is 0.339 e. The maximum absolute atomic E-state index is 13.0. The molecule has 5 heteroatoms. The molecule has 1 aliphatic heterocycles. The Morgan fingerprint density at radius 1 is 0.814 bits per heavy atom. The summed E-state index contributed by atoms with van der Waals surface area (Å²) in [6.45, 7) is 6.00. The van der Waals surface area contributed by atoms with E-state index in [0.29, 0.717) is 41.3 Å². The Hall–Kier alpha value is -3.47. The van der Waals surface area contributed by atoms with Crippen molar-refractivity contribution < 1.29 is 19.1 Å². The third kappa shape index (κ3) is 6.27. The molecule has 2 aromatic rings. The minimum absolute atomic E-state index is 0.143. The molecular formula is C38H45NO4. The molecule has 0 spiro atoms. The van der Waals surface area contributed by atoms with Crippen LogP contribution in [0, 0.1) is 36.5 Å². The molecule has 0 aromatic heterocycles. The number of nitrogens with zero attached hydrogens (tertiary/aromatic N) is 1. The van der Waals surface area contributed by atoms with Gasteiger partial charge < -0.3 is 4.74 Å². The van der Waals surface area contributed by atoms with E-state index in [2.05, 4.69) is 31.2 Å². The van der Waals surface area contributed by atoms with E-state index in [0.717, 1.165) is 23.3 Å². The number of rotatable bonds is 6. The quantitative estimate of drug-likeness (QED) is 0.113. The van der Waals surface area contributed by atoms with Crippen molar-refractivity contribution in [1.29, 1.82) is 0 Å². The molecule has 0 radical (unpaired) electrons. The van der Waals surface area contributed by atoms with Gasteiger partial charge in [0.25, 0.3) is 0 Å². The van der Waals surface area contributed by atoms with Gasteiger partial charge in [0.05, 0.1) is 17.5 Å². The molecule has 1 saturated heterocycles. The largest absolute Gasteiger partial charge is 0.423 e.